The molecular weight excluding hydrogens is 248 g/mol. The van der Waals surface area contributed by atoms with E-state index in [4.69, 9.17) is 14.4 Å². The summed E-state index contributed by atoms with van der Waals surface area (Å²) in [6.45, 7) is 0. The Balaban J connectivity index is 1.96. The molecule has 2 rings (SSSR count). The molecule has 0 aliphatic rings. The van der Waals surface area contributed by atoms with Crippen molar-refractivity contribution in [2.45, 2.75) is 19.3 Å². The molecule has 0 fully saturated rings. The Bertz CT molecular complexity index is 548. The molecule has 6 heteroatoms. The molecule has 0 aliphatic heterocycles. The van der Waals surface area contributed by atoms with Crippen LogP contribution in [0.2, 0.25) is 0 Å². The minimum Gasteiger partial charge on any atom is -0.497 e. The van der Waals surface area contributed by atoms with Gasteiger partial charge in [0.05, 0.1) is 13.5 Å². The molecule has 0 atom stereocenters. The van der Waals surface area contributed by atoms with Gasteiger partial charge in [0, 0.05) is 12.8 Å². The van der Waals surface area contributed by atoms with Crippen LogP contribution in [0.25, 0.3) is 0 Å². The zero-order chi connectivity index (χ0) is 13.7. The molecule has 1 N–H and O–H groups in total. The van der Waals surface area contributed by atoms with Gasteiger partial charge in [0.15, 0.2) is 5.82 Å². The Hall–Kier alpha value is -2.37. The normalized spacial score (nSPS) is 10.4. The van der Waals surface area contributed by atoms with Gasteiger partial charge in [-0.05, 0) is 17.7 Å². The van der Waals surface area contributed by atoms with Crippen LogP contribution >= 0.6 is 0 Å². The van der Waals surface area contributed by atoms with Gasteiger partial charge in [-0.25, -0.2) is 0 Å². The van der Waals surface area contributed by atoms with Crippen LogP contribution in [0.4, 0.5) is 0 Å². The minimum atomic E-state index is -0.880. The number of benzene rings is 1. The summed E-state index contributed by atoms with van der Waals surface area (Å²) in [7, 11) is 1.61. The van der Waals surface area contributed by atoms with E-state index in [1.165, 1.54) is 0 Å². The Morgan fingerprint density at radius 1 is 1.37 bits per heavy atom. The fourth-order valence-corrected chi connectivity index (χ4v) is 1.60. The number of methoxy groups -OCH3 is 1. The first kappa shape index (κ1) is 13.1. The van der Waals surface area contributed by atoms with Gasteiger partial charge in [0.1, 0.15) is 5.75 Å². The number of aromatic nitrogens is 2. The quantitative estimate of drug-likeness (QED) is 0.852. The smallest absolute Gasteiger partial charge is 0.303 e. The van der Waals surface area contributed by atoms with Crippen molar-refractivity contribution in [1.29, 1.82) is 0 Å². The van der Waals surface area contributed by atoms with E-state index in [1.54, 1.807) is 7.11 Å². The average Bonchev–Trinajstić information content (AvgIpc) is 2.85. The van der Waals surface area contributed by atoms with Crippen molar-refractivity contribution in [2.24, 2.45) is 0 Å². The Labute approximate surface area is 110 Å². The molecule has 0 amide bonds. The summed E-state index contributed by atoms with van der Waals surface area (Å²) >= 11 is 0. The maximum absolute atomic E-state index is 10.4. The van der Waals surface area contributed by atoms with Crippen LogP contribution in [-0.4, -0.2) is 28.3 Å². The molecule has 0 bridgehead atoms. The molecule has 1 heterocycles. The van der Waals surface area contributed by atoms with E-state index in [0.29, 0.717) is 18.1 Å². The second kappa shape index (κ2) is 5.99. The number of ether oxygens (including phenoxy) is 1. The van der Waals surface area contributed by atoms with Crippen molar-refractivity contribution in [2.75, 3.05) is 7.11 Å². The Kier molecular flexibility index (Phi) is 4.12. The predicted octanol–water partition coefficient (Wildman–Crippen LogP) is 1.69. The highest BCUT2D eigenvalue weighted by atomic mass is 16.5. The SMILES string of the molecule is COc1ccc(Cc2noc(CCC(=O)O)n2)cc1. The molecule has 0 saturated carbocycles. The topological polar surface area (TPSA) is 85.5 Å². The van der Waals surface area contributed by atoms with Crippen LogP contribution in [0.3, 0.4) is 0 Å². The number of nitrogens with zero attached hydrogens (tertiary/aromatic N) is 2. The van der Waals surface area contributed by atoms with Gasteiger partial charge in [-0.3, -0.25) is 4.79 Å². The average molecular weight is 262 g/mol. The first-order valence-corrected chi connectivity index (χ1v) is 5.83. The Morgan fingerprint density at radius 2 is 2.11 bits per heavy atom. The van der Waals surface area contributed by atoms with Gasteiger partial charge in [0.2, 0.25) is 5.89 Å². The van der Waals surface area contributed by atoms with Gasteiger partial charge in [-0.1, -0.05) is 17.3 Å². The molecule has 2 aromatic rings. The summed E-state index contributed by atoms with van der Waals surface area (Å²) in [6.07, 6.45) is 0.787. The molecule has 1 aromatic heterocycles. The van der Waals surface area contributed by atoms with E-state index in [9.17, 15) is 4.79 Å². The van der Waals surface area contributed by atoms with Gasteiger partial charge in [0.25, 0.3) is 0 Å². The van der Waals surface area contributed by atoms with E-state index >= 15 is 0 Å². The summed E-state index contributed by atoms with van der Waals surface area (Å²) in [6, 6.07) is 7.57. The second-order valence-corrected chi connectivity index (χ2v) is 4.02. The minimum absolute atomic E-state index is 0.00975. The molecule has 0 unspecified atom stereocenters. The molecule has 0 radical (unpaired) electrons. The highest BCUT2D eigenvalue weighted by Gasteiger charge is 2.09. The standard InChI is InChI=1S/C13H14N2O4/c1-18-10-4-2-9(3-5-10)8-11-14-12(19-15-11)6-7-13(16)17/h2-5H,6-8H2,1H3,(H,16,17). The maximum atomic E-state index is 10.4. The molecule has 0 saturated heterocycles. The highest BCUT2D eigenvalue weighted by Crippen LogP contribution is 2.13. The van der Waals surface area contributed by atoms with Crippen molar-refractivity contribution in [3.8, 4) is 5.75 Å². The molecule has 0 spiro atoms. The highest BCUT2D eigenvalue weighted by molar-refractivity contribution is 5.66. The summed E-state index contributed by atoms with van der Waals surface area (Å²) in [5.74, 6) is 0.811. The van der Waals surface area contributed by atoms with E-state index < -0.39 is 5.97 Å². The third-order valence-electron chi connectivity index (χ3n) is 2.58. The maximum Gasteiger partial charge on any atom is 0.303 e. The molecule has 6 nitrogen and oxygen atoms in total. The Morgan fingerprint density at radius 3 is 2.74 bits per heavy atom. The lowest BCUT2D eigenvalue weighted by Gasteiger charge is -2.00. The zero-order valence-electron chi connectivity index (χ0n) is 10.5. The van der Waals surface area contributed by atoms with Gasteiger partial charge >= 0.3 is 5.97 Å². The van der Waals surface area contributed by atoms with E-state index in [1.807, 2.05) is 24.3 Å². The fourth-order valence-electron chi connectivity index (χ4n) is 1.60. The number of aliphatic carboxylic acids is 1. The van der Waals surface area contributed by atoms with Crippen LogP contribution in [0, 0.1) is 0 Å². The van der Waals surface area contributed by atoms with E-state index in [2.05, 4.69) is 10.1 Å². The van der Waals surface area contributed by atoms with Crippen molar-refractivity contribution in [3.05, 3.63) is 41.5 Å². The predicted molar refractivity (Wildman–Crippen MR) is 66.1 cm³/mol. The first-order valence-electron chi connectivity index (χ1n) is 5.83. The number of aryl methyl sites for hydroxylation is 1. The largest absolute Gasteiger partial charge is 0.497 e. The van der Waals surface area contributed by atoms with Gasteiger partial charge in [-0.15, -0.1) is 0 Å². The number of hydrogen-bond donors (Lipinski definition) is 1. The summed E-state index contributed by atoms with van der Waals surface area (Å²) in [4.78, 5) is 14.6. The van der Waals surface area contributed by atoms with Crippen molar-refractivity contribution >= 4 is 5.97 Å². The number of carboxylic acids is 1. The monoisotopic (exact) mass is 262 g/mol. The van der Waals surface area contributed by atoms with Crippen LogP contribution < -0.4 is 4.74 Å². The van der Waals surface area contributed by atoms with E-state index in [-0.39, 0.29) is 12.8 Å². The lowest BCUT2D eigenvalue weighted by Crippen LogP contribution is -1.98. The number of hydrogen-bond acceptors (Lipinski definition) is 5. The van der Waals surface area contributed by atoms with Gasteiger partial charge < -0.3 is 14.4 Å². The summed E-state index contributed by atoms with van der Waals surface area (Å²) in [5, 5.41) is 12.4. The first-order chi connectivity index (χ1) is 9.17. The molecule has 0 aliphatic carbocycles. The summed E-state index contributed by atoms with van der Waals surface area (Å²) < 4.78 is 10.1. The molecule has 19 heavy (non-hydrogen) atoms. The summed E-state index contributed by atoms with van der Waals surface area (Å²) in [5.41, 5.74) is 1.03. The molecule has 100 valence electrons. The van der Waals surface area contributed by atoms with Crippen LogP contribution in [0.1, 0.15) is 23.7 Å². The van der Waals surface area contributed by atoms with Crippen molar-refractivity contribution in [3.63, 3.8) is 0 Å². The number of carbonyl (C=O) groups is 1. The molecular formula is C13H14N2O4. The van der Waals surface area contributed by atoms with E-state index in [0.717, 1.165) is 11.3 Å². The van der Waals surface area contributed by atoms with Crippen LogP contribution in [-0.2, 0) is 17.6 Å². The third kappa shape index (κ3) is 3.80. The molecule has 1 aromatic carbocycles. The lowest BCUT2D eigenvalue weighted by atomic mass is 10.1. The van der Waals surface area contributed by atoms with Crippen LogP contribution in [0.15, 0.2) is 28.8 Å². The fraction of sp³-hybridized carbons (Fsp3) is 0.308. The van der Waals surface area contributed by atoms with Crippen LogP contribution in [0.5, 0.6) is 5.75 Å². The number of rotatable bonds is 6. The lowest BCUT2D eigenvalue weighted by molar-refractivity contribution is -0.137. The third-order valence-corrected chi connectivity index (χ3v) is 2.58. The van der Waals surface area contributed by atoms with Crippen molar-refractivity contribution in [1.82, 2.24) is 10.1 Å². The van der Waals surface area contributed by atoms with Gasteiger partial charge in [-0.2, -0.15) is 4.98 Å². The zero-order valence-corrected chi connectivity index (χ0v) is 10.5. The van der Waals surface area contributed by atoms with Crippen molar-refractivity contribution < 1.29 is 19.2 Å². The number of carboxylic acid groups (broad SMARTS) is 1. The second-order valence-electron chi connectivity index (χ2n) is 4.02.